The minimum Gasteiger partial charge on any atom is -0.310 e. The van der Waals surface area contributed by atoms with Crippen LogP contribution in [0.2, 0.25) is 0 Å². The van der Waals surface area contributed by atoms with Gasteiger partial charge in [0.05, 0.1) is 51.9 Å². The van der Waals surface area contributed by atoms with Crippen LogP contribution in [0, 0.1) is 13.1 Å². The van der Waals surface area contributed by atoms with Crippen LogP contribution in [-0.4, -0.2) is 13.7 Å². The summed E-state index contributed by atoms with van der Waals surface area (Å²) in [5, 5.41) is 6.97. The molecule has 254 valence electrons. The molecule has 0 saturated carbocycles. The van der Waals surface area contributed by atoms with Gasteiger partial charge < -0.3 is 13.7 Å². The predicted molar refractivity (Wildman–Crippen MR) is 227 cm³/mol. The summed E-state index contributed by atoms with van der Waals surface area (Å²) in [5.74, 6) is 0. The topological polar surface area (TPSA) is 23.5 Å². The molecule has 0 bridgehead atoms. The fourth-order valence-electron chi connectivity index (χ4n) is 8.74. The van der Waals surface area contributed by atoms with Crippen LogP contribution in [0.15, 0.2) is 176 Å². The molecule has 0 fully saturated rings. The van der Waals surface area contributed by atoms with Crippen molar-refractivity contribution >= 4 is 76.8 Å². The molecule has 5 heteroatoms. The Labute approximate surface area is 316 Å². The molecule has 0 aliphatic carbocycles. The maximum Gasteiger partial charge on any atom is 0.196 e. The lowest BCUT2D eigenvalue weighted by Gasteiger charge is -2.13. The predicted octanol–water partition coefficient (Wildman–Crippen LogP) is 13.7. The van der Waals surface area contributed by atoms with E-state index < -0.39 is 0 Å². The van der Waals surface area contributed by atoms with E-state index in [1.807, 2.05) is 36.4 Å². The molecule has 0 amide bonds. The summed E-state index contributed by atoms with van der Waals surface area (Å²) in [6.45, 7) is 15.9. The molecule has 11 aromatic rings. The molecule has 0 radical (unpaired) electrons. The first-order valence-corrected chi connectivity index (χ1v) is 18.3. The van der Waals surface area contributed by atoms with Crippen LogP contribution in [0.5, 0.6) is 0 Å². The monoisotopic (exact) mass is 699 g/mol. The van der Waals surface area contributed by atoms with Crippen LogP contribution in [0.4, 0.5) is 11.4 Å². The highest BCUT2D eigenvalue weighted by atomic mass is 15.0. The summed E-state index contributed by atoms with van der Waals surface area (Å²) in [4.78, 5) is 7.75. The van der Waals surface area contributed by atoms with E-state index in [0.717, 1.165) is 66.4 Å². The number of para-hydroxylation sites is 4. The number of benzene rings is 8. The Bertz CT molecular complexity index is 3400. The normalized spacial score (nSPS) is 11.6. The van der Waals surface area contributed by atoms with Crippen molar-refractivity contribution < 1.29 is 0 Å². The number of nitrogens with zero attached hydrogens (tertiary/aromatic N) is 5. The molecule has 5 nitrogen and oxygen atoms in total. The van der Waals surface area contributed by atoms with Crippen molar-refractivity contribution in [1.29, 1.82) is 0 Å². The second-order valence-electron chi connectivity index (χ2n) is 13.9. The highest BCUT2D eigenvalue weighted by Gasteiger charge is 2.20. The van der Waals surface area contributed by atoms with Gasteiger partial charge in [-0.25, -0.2) is 9.69 Å². The number of hydrogen-bond donors (Lipinski definition) is 0. The molecule has 3 aromatic heterocycles. The van der Waals surface area contributed by atoms with E-state index in [9.17, 15) is 0 Å². The molecule has 55 heavy (non-hydrogen) atoms. The first-order valence-electron chi connectivity index (χ1n) is 18.3. The van der Waals surface area contributed by atoms with Crippen LogP contribution >= 0.6 is 0 Å². The second kappa shape index (κ2) is 11.8. The van der Waals surface area contributed by atoms with Gasteiger partial charge in [-0.2, -0.15) is 0 Å². The zero-order valence-corrected chi connectivity index (χ0v) is 29.5. The lowest BCUT2D eigenvalue weighted by Crippen LogP contribution is -1.97. The third kappa shape index (κ3) is 4.45. The molecule has 0 aliphatic heterocycles. The molecule has 3 heterocycles. The fourth-order valence-corrected chi connectivity index (χ4v) is 8.74. The molecule has 8 aromatic carbocycles. The van der Waals surface area contributed by atoms with Crippen molar-refractivity contribution in [3.8, 4) is 28.2 Å². The van der Waals surface area contributed by atoms with Crippen molar-refractivity contribution in [1.82, 2.24) is 13.7 Å². The molecular formula is C50H29N5. The van der Waals surface area contributed by atoms with E-state index in [1.54, 1.807) is 0 Å². The summed E-state index contributed by atoms with van der Waals surface area (Å²) < 4.78 is 6.94. The Kier molecular flexibility index (Phi) is 6.61. The zero-order valence-electron chi connectivity index (χ0n) is 29.5. The average Bonchev–Trinajstić information content (AvgIpc) is 3.89. The standard InChI is InChI=1S/C50H29N5/c1-51-33-24-29-47-41(30-33)39-14-5-7-16-43(39)53(47)34-25-22-32(23-26-34)36-28-27-35(31-42(36)52-2)54-46-19-10-6-15-40(46)50-48(54)20-11-21-49(50)55-44-17-8-3-12-37(44)38-13-4-9-18-45(38)55/h3-31H. The SMILES string of the molecule is [C-]#[N+]c1ccc2c(c1)c1ccccc1n2-c1ccc(-c2ccc(-n3c4ccccc4c4c(-n5c6ccccc6c6ccccc65)cccc43)cc2[N+]#[C-])cc1. The Hall–Kier alpha value is -7.86. The fraction of sp³-hybridized carbons (Fsp3) is 0. The minimum atomic E-state index is 0.596. The average molecular weight is 700 g/mol. The summed E-state index contributed by atoms with van der Waals surface area (Å²) in [6.07, 6.45) is 0. The van der Waals surface area contributed by atoms with E-state index >= 15 is 0 Å². The van der Waals surface area contributed by atoms with Gasteiger partial charge in [0.25, 0.3) is 0 Å². The molecule has 11 rings (SSSR count). The van der Waals surface area contributed by atoms with Crippen molar-refractivity contribution in [2.45, 2.75) is 0 Å². The third-order valence-corrected chi connectivity index (χ3v) is 11.1. The summed E-state index contributed by atoms with van der Waals surface area (Å²) >= 11 is 0. The highest BCUT2D eigenvalue weighted by molar-refractivity contribution is 6.16. The summed E-state index contributed by atoms with van der Waals surface area (Å²) in [5.41, 5.74) is 12.9. The maximum atomic E-state index is 8.32. The van der Waals surface area contributed by atoms with Crippen molar-refractivity contribution in [3.63, 3.8) is 0 Å². The van der Waals surface area contributed by atoms with Crippen LogP contribution in [0.3, 0.4) is 0 Å². The Balaban J connectivity index is 1.05. The number of hydrogen-bond acceptors (Lipinski definition) is 0. The molecular weight excluding hydrogens is 671 g/mol. The van der Waals surface area contributed by atoms with Crippen LogP contribution in [0.25, 0.3) is 103 Å². The molecule has 0 spiro atoms. The van der Waals surface area contributed by atoms with Crippen molar-refractivity contribution in [3.05, 3.63) is 199 Å². The first-order chi connectivity index (χ1) is 27.2. The van der Waals surface area contributed by atoms with E-state index in [0.29, 0.717) is 11.4 Å². The van der Waals surface area contributed by atoms with Crippen LogP contribution in [0.1, 0.15) is 0 Å². The number of rotatable bonds is 4. The van der Waals surface area contributed by atoms with Crippen molar-refractivity contribution in [2.75, 3.05) is 0 Å². The van der Waals surface area contributed by atoms with E-state index in [1.165, 1.54) is 27.2 Å². The van der Waals surface area contributed by atoms with Gasteiger partial charge in [-0.15, -0.1) is 0 Å². The molecule has 0 N–H and O–H groups in total. The van der Waals surface area contributed by atoms with Gasteiger partial charge in [-0.3, -0.25) is 0 Å². The maximum absolute atomic E-state index is 8.32. The highest BCUT2D eigenvalue weighted by Crippen LogP contribution is 2.42. The Morgan fingerprint density at radius 2 is 0.891 bits per heavy atom. The van der Waals surface area contributed by atoms with Gasteiger partial charge in [0.15, 0.2) is 11.4 Å². The molecule has 0 unspecified atom stereocenters. The summed E-state index contributed by atoms with van der Waals surface area (Å²) in [6, 6.07) is 61.3. The van der Waals surface area contributed by atoms with Crippen LogP contribution < -0.4 is 0 Å². The third-order valence-electron chi connectivity index (χ3n) is 11.1. The lowest BCUT2D eigenvalue weighted by atomic mass is 10.0. The van der Waals surface area contributed by atoms with Crippen LogP contribution in [-0.2, 0) is 0 Å². The first kappa shape index (κ1) is 30.7. The number of aromatic nitrogens is 3. The van der Waals surface area contributed by atoms with E-state index in [4.69, 9.17) is 13.1 Å². The minimum absolute atomic E-state index is 0.596. The second-order valence-corrected chi connectivity index (χ2v) is 13.9. The number of fused-ring (bicyclic) bond motifs is 9. The molecule has 0 saturated heterocycles. The quantitative estimate of drug-likeness (QED) is 0.163. The lowest BCUT2D eigenvalue weighted by molar-refractivity contribution is 1.17. The summed E-state index contributed by atoms with van der Waals surface area (Å²) in [7, 11) is 0. The van der Waals surface area contributed by atoms with E-state index in [2.05, 4.69) is 163 Å². The van der Waals surface area contributed by atoms with E-state index in [-0.39, 0.29) is 0 Å². The van der Waals surface area contributed by atoms with Gasteiger partial charge in [-0.05, 0) is 89.3 Å². The van der Waals surface area contributed by atoms with Gasteiger partial charge in [-0.1, -0.05) is 103 Å². The Morgan fingerprint density at radius 3 is 1.55 bits per heavy atom. The molecule has 0 atom stereocenters. The van der Waals surface area contributed by atoms with Gasteiger partial charge >= 0.3 is 0 Å². The Morgan fingerprint density at radius 1 is 0.364 bits per heavy atom. The largest absolute Gasteiger partial charge is 0.310 e. The van der Waals surface area contributed by atoms with Gasteiger partial charge in [0.1, 0.15) is 0 Å². The zero-order chi connectivity index (χ0) is 36.6. The smallest absolute Gasteiger partial charge is 0.196 e. The van der Waals surface area contributed by atoms with Gasteiger partial charge in [0, 0.05) is 38.3 Å². The van der Waals surface area contributed by atoms with Gasteiger partial charge in [0.2, 0.25) is 0 Å². The molecule has 0 aliphatic rings. The van der Waals surface area contributed by atoms with Crippen molar-refractivity contribution in [2.24, 2.45) is 0 Å².